The van der Waals surface area contributed by atoms with E-state index in [2.05, 4.69) is 10.2 Å². The van der Waals surface area contributed by atoms with E-state index >= 15 is 0 Å². The zero-order valence-electron chi connectivity index (χ0n) is 17.5. The Labute approximate surface area is 178 Å². The van der Waals surface area contributed by atoms with E-state index in [4.69, 9.17) is 4.74 Å². The summed E-state index contributed by atoms with van der Waals surface area (Å²) in [5.74, 6) is 0.739. The van der Waals surface area contributed by atoms with Gasteiger partial charge in [-0.15, -0.1) is 0 Å². The average Bonchev–Trinajstić information content (AvgIpc) is 2.75. The third kappa shape index (κ3) is 5.81. The zero-order chi connectivity index (χ0) is 21.6. The van der Waals surface area contributed by atoms with Crippen molar-refractivity contribution in [3.8, 4) is 5.75 Å². The largest absolute Gasteiger partial charge is 0.497 e. The summed E-state index contributed by atoms with van der Waals surface area (Å²) < 4.78 is 32.2. The van der Waals surface area contributed by atoms with Crippen LogP contribution in [0.1, 0.15) is 11.1 Å². The van der Waals surface area contributed by atoms with Gasteiger partial charge in [0.15, 0.2) is 0 Å². The molecule has 162 valence electrons. The van der Waals surface area contributed by atoms with E-state index in [0.29, 0.717) is 50.6 Å². The Balaban J connectivity index is 1.40. The summed E-state index contributed by atoms with van der Waals surface area (Å²) in [5.41, 5.74) is 1.97. The number of hydrogen-bond donors (Lipinski definition) is 1. The lowest BCUT2D eigenvalue weighted by Crippen LogP contribution is -2.50. The predicted octanol–water partition coefficient (Wildman–Crippen LogP) is 1.67. The Bertz CT molecular complexity index is 935. The second-order valence-electron chi connectivity index (χ2n) is 7.43. The molecule has 0 aromatic heterocycles. The highest BCUT2D eigenvalue weighted by molar-refractivity contribution is 7.89. The summed E-state index contributed by atoms with van der Waals surface area (Å²) in [4.78, 5) is 14.6. The lowest BCUT2D eigenvalue weighted by molar-refractivity contribution is -0.120. The van der Waals surface area contributed by atoms with Crippen molar-refractivity contribution in [3.63, 3.8) is 0 Å². The van der Waals surface area contributed by atoms with Crippen LogP contribution in [0.5, 0.6) is 5.75 Å². The van der Waals surface area contributed by atoms with Crippen LogP contribution in [-0.2, 0) is 21.2 Å². The molecule has 0 saturated carbocycles. The van der Waals surface area contributed by atoms with Crippen LogP contribution < -0.4 is 10.1 Å². The number of carbonyl (C=O) groups excluding carboxylic acids is 1. The SMILES string of the molecule is COc1ccc(CC(=O)NCCN2CCN(S(=O)(=O)c3ccc(C)cc3)CC2)cc1. The van der Waals surface area contributed by atoms with Gasteiger partial charge in [-0.25, -0.2) is 8.42 Å². The number of methoxy groups -OCH3 is 1. The standard InChI is InChI=1S/C22H29N3O4S/c1-18-3-9-21(10-4-18)30(27,28)25-15-13-24(14-16-25)12-11-23-22(26)17-19-5-7-20(29-2)8-6-19/h3-10H,11-17H2,1-2H3,(H,23,26). The summed E-state index contributed by atoms with van der Waals surface area (Å²) in [6.45, 7) is 5.39. The van der Waals surface area contributed by atoms with Crippen molar-refractivity contribution in [2.45, 2.75) is 18.2 Å². The van der Waals surface area contributed by atoms with Gasteiger partial charge < -0.3 is 10.1 Å². The van der Waals surface area contributed by atoms with Gasteiger partial charge in [-0.05, 0) is 36.8 Å². The van der Waals surface area contributed by atoms with Crippen LogP contribution in [0.15, 0.2) is 53.4 Å². The fourth-order valence-corrected chi connectivity index (χ4v) is 4.82. The highest BCUT2D eigenvalue weighted by atomic mass is 32.2. The van der Waals surface area contributed by atoms with Gasteiger partial charge >= 0.3 is 0 Å². The number of amides is 1. The van der Waals surface area contributed by atoms with E-state index in [9.17, 15) is 13.2 Å². The topological polar surface area (TPSA) is 79.0 Å². The van der Waals surface area contributed by atoms with Crippen molar-refractivity contribution in [2.75, 3.05) is 46.4 Å². The number of carbonyl (C=O) groups is 1. The molecule has 0 atom stereocenters. The molecule has 0 bridgehead atoms. The molecule has 0 aliphatic carbocycles. The molecule has 7 nitrogen and oxygen atoms in total. The fourth-order valence-electron chi connectivity index (χ4n) is 3.40. The Morgan fingerprint density at radius 1 is 1.00 bits per heavy atom. The second kappa shape index (κ2) is 10.1. The molecule has 8 heteroatoms. The maximum atomic E-state index is 12.8. The molecule has 0 radical (unpaired) electrons. The first-order valence-corrected chi connectivity index (χ1v) is 11.5. The van der Waals surface area contributed by atoms with Gasteiger partial charge in [-0.3, -0.25) is 9.69 Å². The van der Waals surface area contributed by atoms with Gasteiger partial charge in [0.2, 0.25) is 15.9 Å². The third-order valence-electron chi connectivity index (χ3n) is 5.26. The fraction of sp³-hybridized carbons (Fsp3) is 0.409. The van der Waals surface area contributed by atoms with Crippen LogP contribution in [0.25, 0.3) is 0 Å². The number of ether oxygens (including phenoxy) is 1. The first kappa shape index (κ1) is 22.3. The first-order valence-electron chi connectivity index (χ1n) is 10.1. The molecular formula is C22H29N3O4S. The van der Waals surface area contributed by atoms with E-state index in [-0.39, 0.29) is 5.91 Å². The van der Waals surface area contributed by atoms with E-state index in [0.717, 1.165) is 16.9 Å². The molecule has 0 unspecified atom stereocenters. The number of sulfonamides is 1. The Kier molecular flexibility index (Phi) is 7.47. The molecule has 1 saturated heterocycles. The molecule has 3 rings (SSSR count). The quantitative estimate of drug-likeness (QED) is 0.688. The summed E-state index contributed by atoms with van der Waals surface area (Å²) in [5, 5.41) is 2.94. The summed E-state index contributed by atoms with van der Waals surface area (Å²) in [7, 11) is -1.84. The molecular weight excluding hydrogens is 402 g/mol. The lowest BCUT2D eigenvalue weighted by atomic mass is 10.1. The number of rotatable bonds is 8. The van der Waals surface area contributed by atoms with Gasteiger partial charge in [-0.2, -0.15) is 4.31 Å². The molecule has 1 N–H and O–H groups in total. The van der Waals surface area contributed by atoms with Crippen LogP contribution in [0.4, 0.5) is 0 Å². The number of nitrogens with zero attached hydrogens (tertiary/aromatic N) is 2. The molecule has 2 aromatic rings. The number of benzene rings is 2. The van der Waals surface area contributed by atoms with Crippen molar-refractivity contribution < 1.29 is 17.9 Å². The third-order valence-corrected chi connectivity index (χ3v) is 7.18. The summed E-state index contributed by atoms with van der Waals surface area (Å²) in [6.07, 6.45) is 0.326. The zero-order valence-corrected chi connectivity index (χ0v) is 18.3. The van der Waals surface area contributed by atoms with Crippen molar-refractivity contribution in [1.82, 2.24) is 14.5 Å². The molecule has 2 aromatic carbocycles. The smallest absolute Gasteiger partial charge is 0.243 e. The van der Waals surface area contributed by atoms with E-state index in [1.807, 2.05) is 43.3 Å². The Morgan fingerprint density at radius 2 is 1.63 bits per heavy atom. The Morgan fingerprint density at radius 3 is 2.23 bits per heavy atom. The van der Waals surface area contributed by atoms with Crippen LogP contribution in [0, 0.1) is 6.92 Å². The highest BCUT2D eigenvalue weighted by Gasteiger charge is 2.28. The minimum atomic E-state index is -3.45. The summed E-state index contributed by atoms with van der Waals surface area (Å²) in [6, 6.07) is 14.4. The highest BCUT2D eigenvalue weighted by Crippen LogP contribution is 2.18. The van der Waals surface area contributed by atoms with Crippen molar-refractivity contribution in [3.05, 3.63) is 59.7 Å². The predicted molar refractivity (Wildman–Crippen MR) is 116 cm³/mol. The lowest BCUT2D eigenvalue weighted by Gasteiger charge is -2.34. The van der Waals surface area contributed by atoms with Gasteiger partial charge in [-0.1, -0.05) is 29.8 Å². The summed E-state index contributed by atoms with van der Waals surface area (Å²) >= 11 is 0. The van der Waals surface area contributed by atoms with Crippen LogP contribution >= 0.6 is 0 Å². The van der Waals surface area contributed by atoms with E-state index in [1.54, 1.807) is 19.2 Å². The molecule has 30 heavy (non-hydrogen) atoms. The second-order valence-corrected chi connectivity index (χ2v) is 9.37. The molecule has 1 fully saturated rings. The van der Waals surface area contributed by atoms with E-state index < -0.39 is 10.0 Å². The van der Waals surface area contributed by atoms with Crippen molar-refractivity contribution in [1.29, 1.82) is 0 Å². The van der Waals surface area contributed by atoms with Gasteiger partial charge in [0.25, 0.3) is 0 Å². The van der Waals surface area contributed by atoms with Crippen molar-refractivity contribution in [2.24, 2.45) is 0 Å². The van der Waals surface area contributed by atoms with Gasteiger partial charge in [0, 0.05) is 39.3 Å². The average molecular weight is 432 g/mol. The maximum Gasteiger partial charge on any atom is 0.243 e. The number of nitrogens with one attached hydrogen (secondary N) is 1. The maximum absolute atomic E-state index is 12.8. The molecule has 1 amide bonds. The number of hydrogen-bond acceptors (Lipinski definition) is 5. The molecule has 0 spiro atoms. The van der Waals surface area contributed by atoms with Crippen LogP contribution in [0.2, 0.25) is 0 Å². The van der Waals surface area contributed by atoms with Gasteiger partial charge in [0.1, 0.15) is 5.75 Å². The van der Waals surface area contributed by atoms with Crippen molar-refractivity contribution >= 4 is 15.9 Å². The van der Waals surface area contributed by atoms with E-state index in [1.165, 1.54) is 4.31 Å². The number of aryl methyl sites for hydroxylation is 1. The number of piperazine rings is 1. The Hall–Kier alpha value is -2.42. The monoisotopic (exact) mass is 431 g/mol. The normalized spacial score (nSPS) is 15.7. The molecule has 1 heterocycles. The van der Waals surface area contributed by atoms with Gasteiger partial charge in [0.05, 0.1) is 18.4 Å². The minimum absolute atomic E-state index is 0.0271. The molecule has 1 aliphatic rings. The first-order chi connectivity index (χ1) is 14.4. The van der Waals surface area contributed by atoms with Crippen LogP contribution in [-0.4, -0.2) is 69.9 Å². The molecule has 1 aliphatic heterocycles. The minimum Gasteiger partial charge on any atom is -0.497 e. The van der Waals surface area contributed by atoms with Crippen LogP contribution in [0.3, 0.4) is 0 Å².